The first-order chi connectivity index (χ1) is 10.6. The molecule has 1 aliphatic rings. The normalized spacial score (nSPS) is 18.7. The van der Waals surface area contributed by atoms with Crippen molar-refractivity contribution in [2.45, 2.75) is 45.6 Å². The lowest BCUT2D eigenvalue weighted by atomic mass is 10.1. The fourth-order valence-corrected chi connectivity index (χ4v) is 2.47. The standard InChI is InChI=1S/C17H24N2O3/c1-3-5-12(2)16(20)18-13-7-9-14(10-8-13)19-17(21)15-6-4-11-22-15/h7-10,12,15H,3-6,11H2,1-2H3,(H,18,20)(H,19,21). The van der Waals surface area contributed by atoms with E-state index in [0.717, 1.165) is 31.4 Å². The minimum atomic E-state index is -0.339. The molecule has 2 amide bonds. The van der Waals surface area contributed by atoms with E-state index < -0.39 is 0 Å². The number of ether oxygens (including phenoxy) is 1. The summed E-state index contributed by atoms with van der Waals surface area (Å²) in [4.78, 5) is 23.9. The number of hydrogen-bond acceptors (Lipinski definition) is 3. The average molecular weight is 304 g/mol. The molecule has 5 nitrogen and oxygen atoms in total. The third kappa shape index (κ3) is 4.56. The zero-order chi connectivity index (χ0) is 15.9. The van der Waals surface area contributed by atoms with Crippen LogP contribution in [0.25, 0.3) is 0 Å². The van der Waals surface area contributed by atoms with Gasteiger partial charge in [-0.15, -0.1) is 0 Å². The molecule has 2 N–H and O–H groups in total. The van der Waals surface area contributed by atoms with Crippen LogP contribution in [0.2, 0.25) is 0 Å². The smallest absolute Gasteiger partial charge is 0.253 e. The Morgan fingerprint density at radius 3 is 2.41 bits per heavy atom. The first-order valence-corrected chi connectivity index (χ1v) is 7.93. The molecule has 0 bridgehead atoms. The second-order valence-electron chi connectivity index (χ2n) is 5.75. The molecule has 120 valence electrons. The number of benzene rings is 1. The van der Waals surface area contributed by atoms with Gasteiger partial charge in [-0.3, -0.25) is 9.59 Å². The van der Waals surface area contributed by atoms with Crippen LogP contribution in [-0.2, 0) is 14.3 Å². The summed E-state index contributed by atoms with van der Waals surface area (Å²) in [6.07, 6.45) is 3.23. The molecule has 1 aliphatic heterocycles. The fourth-order valence-electron chi connectivity index (χ4n) is 2.47. The van der Waals surface area contributed by atoms with Gasteiger partial charge in [-0.05, 0) is 43.5 Å². The molecule has 2 unspecified atom stereocenters. The second-order valence-corrected chi connectivity index (χ2v) is 5.75. The SMILES string of the molecule is CCCC(C)C(=O)Nc1ccc(NC(=O)C2CCCO2)cc1. The average Bonchev–Trinajstić information content (AvgIpc) is 3.04. The van der Waals surface area contributed by atoms with Crippen LogP contribution >= 0.6 is 0 Å². The van der Waals surface area contributed by atoms with Crippen LogP contribution in [0.4, 0.5) is 11.4 Å². The number of anilines is 2. The van der Waals surface area contributed by atoms with Crippen molar-refractivity contribution in [3.63, 3.8) is 0 Å². The summed E-state index contributed by atoms with van der Waals surface area (Å²) in [5.41, 5.74) is 1.45. The molecule has 22 heavy (non-hydrogen) atoms. The van der Waals surface area contributed by atoms with E-state index in [4.69, 9.17) is 4.74 Å². The van der Waals surface area contributed by atoms with Gasteiger partial charge in [0, 0.05) is 23.9 Å². The highest BCUT2D eigenvalue weighted by Gasteiger charge is 2.23. The van der Waals surface area contributed by atoms with E-state index in [1.165, 1.54) is 0 Å². The third-order valence-electron chi connectivity index (χ3n) is 3.81. The van der Waals surface area contributed by atoms with E-state index in [9.17, 15) is 9.59 Å². The van der Waals surface area contributed by atoms with Crippen LogP contribution in [0.15, 0.2) is 24.3 Å². The predicted octanol–water partition coefficient (Wildman–Crippen LogP) is 3.18. The van der Waals surface area contributed by atoms with E-state index in [-0.39, 0.29) is 23.8 Å². The van der Waals surface area contributed by atoms with Crippen molar-refractivity contribution < 1.29 is 14.3 Å². The molecule has 0 spiro atoms. The summed E-state index contributed by atoms with van der Waals surface area (Å²) in [6.45, 7) is 4.64. The van der Waals surface area contributed by atoms with Gasteiger partial charge < -0.3 is 15.4 Å². The topological polar surface area (TPSA) is 67.4 Å². The van der Waals surface area contributed by atoms with Crippen LogP contribution in [0.3, 0.4) is 0 Å². The van der Waals surface area contributed by atoms with Crippen LogP contribution < -0.4 is 10.6 Å². The number of nitrogens with one attached hydrogen (secondary N) is 2. The molecule has 1 aromatic rings. The van der Waals surface area contributed by atoms with Crippen LogP contribution in [0, 0.1) is 5.92 Å². The summed E-state index contributed by atoms with van der Waals surface area (Å²) in [6, 6.07) is 7.16. The number of rotatable bonds is 6. The molecule has 0 radical (unpaired) electrons. The molecule has 0 aliphatic carbocycles. The summed E-state index contributed by atoms with van der Waals surface area (Å²) in [5.74, 6) is -0.0762. The maximum absolute atomic E-state index is 11.9. The van der Waals surface area contributed by atoms with Gasteiger partial charge in [0.05, 0.1) is 0 Å². The lowest BCUT2D eigenvalue weighted by Gasteiger charge is -2.13. The minimum absolute atomic E-state index is 0.00361. The van der Waals surface area contributed by atoms with Gasteiger partial charge in [-0.1, -0.05) is 20.3 Å². The fraction of sp³-hybridized carbons (Fsp3) is 0.529. The minimum Gasteiger partial charge on any atom is -0.368 e. The van der Waals surface area contributed by atoms with E-state index in [2.05, 4.69) is 17.6 Å². The van der Waals surface area contributed by atoms with Crippen molar-refractivity contribution in [1.29, 1.82) is 0 Å². The molecule has 2 atom stereocenters. The highest BCUT2D eigenvalue weighted by atomic mass is 16.5. The summed E-state index contributed by atoms with van der Waals surface area (Å²) < 4.78 is 5.34. The zero-order valence-corrected chi connectivity index (χ0v) is 13.2. The molecule has 1 aromatic carbocycles. The number of carbonyl (C=O) groups is 2. The zero-order valence-electron chi connectivity index (χ0n) is 13.2. The Balaban J connectivity index is 1.87. The van der Waals surface area contributed by atoms with Crippen molar-refractivity contribution in [3.8, 4) is 0 Å². The molecule has 1 heterocycles. The van der Waals surface area contributed by atoms with Gasteiger partial charge in [0.2, 0.25) is 5.91 Å². The number of amides is 2. The molecular formula is C17H24N2O3. The Bertz CT molecular complexity index is 507. The predicted molar refractivity (Wildman–Crippen MR) is 86.7 cm³/mol. The van der Waals surface area contributed by atoms with Crippen LogP contribution in [0.1, 0.15) is 39.5 Å². The summed E-state index contributed by atoms with van der Waals surface area (Å²) in [5, 5.41) is 5.72. The van der Waals surface area contributed by atoms with Crippen molar-refractivity contribution in [1.82, 2.24) is 0 Å². The van der Waals surface area contributed by atoms with Crippen molar-refractivity contribution in [3.05, 3.63) is 24.3 Å². The molecule has 0 aromatic heterocycles. The van der Waals surface area contributed by atoms with E-state index in [1.54, 1.807) is 24.3 Å². The van der Waals surface area contributed by atoms with Crippen LogP contribution in [-0.4, -0.2) is 24.5 Å². The van der Waals surface area contributed by atoms with E-state index in [1.807, 2.05) is 6.92 Å². The van der Waals surface area contributed by atoms with Gasteiger partial charge in [0.1, 0.15) is 6.10 Å². The molecule has 0 saturated carbocycles. The Morgan fingerprint density at radius 1 is 1.23 bits per heavy atom. The molecular weight excluding hydrogens is 280 g/mol. The highest BCUT2D eigenvalue weighted by Crippen LogP contribution is 2.18. The van der Waals surface area contributed by atoms with Crippen molar-refractivity contribution in [2.75, 3.05) is 17.2 Å². The largest absolute Gasteiger partial charge is 0.368 e. The maximum atomic E-state index is 11.9. The molecule has 1 fully saturated rings. The van der Waals surface area contributed by atoms with E-state index >= 15 is 0 Å². The monoisotopic (exact) mass is 304 g/mol. The van der Waals surface area contributed by atoms with Crippen LogP contribution in [0.5, 0.6) is 0 Å². The van der Waals surface area contributed by atoms with Crippen molar-refractivity contribution in [2.24, 2.45) is 5.92 Å². The molecule has 1 saturated heterocycles. The van der Waals surface area contributed by atoms with E-state index in [0.29, 0.717) is 12.3 Å². The van der Waals surface area contributed by atoms with Gasteiger partial charge >= 0.3 is 0 Å². The van der Waals surface area contributed by atoms with Crippen molar-refractivity contribution >= 4 is 23.2 Å². The number of carbonyl (C=O) groups excluding carboxylic acids is 2. The Morgan fingerprint density at radius 2 is 1.86 bits per heavy atom. The lowest BCUT2D eigenvalue weighted by molar-refractivity contribution is -0.124. The third-order valence-corrected chi connectivity index (χ3v) is 3.81. The Labute approximate surface area is 131 Å². The Hall–Kier alpha value is -1.88. The Kier molecular flexibility index (Phi) is 5.95. The summed E-state index contributed by atoms with van der Waals surface area (Å²) in [7, 11) is 0. The first kappa shape index (κ1) is 16.5. The van der Waals surface area contributed by atoms with Gasteiger partial charge in [-0.25, -0.2) is 0 Å². The summed E-state index contributed by atoms with van der Waals surface area (Å²) >= 11 is 0. The second kappa shape index (κ2) is 7.94. The van der Waals surface area contributed by atoms with Gasteiger partial charge in [0.15, 0.2) is 0 Å². The first-order valence-electron chi connectivity index (χ1n) is 7.93. The molecule has 5 heteroatoms. The lowest BCUT2D eigenvalue weighted by Crippen LogP contribution is -2.26. The maximum Gasteiger partial charge on any atom is 0.253 e. The highest BCUT2D eigenvalue weighted by molar-refractivity contribution is 5.95. The van der Waals surface area contributed by atoms with Gasteiger partial charge in [-0.2, -0.15) is 0 Å². The number of hydrogen-bond donors (Lipinski definition) is 2. The van der Waals surface area contributed by atoms with Gasteiger partial charge in [0.25, 0.3) is 5.91 Å². The molecule has 2 rings (SSSR count). The quantitative estimate of drug-likeness (QED) is 0.848.